The molecule has 0 aromatic carbocycles. The van der Waals surface area contributed by atoms with E-state index < -0.39 is 0 Å². The predicted octanol–water partition coefficient (Wildman–Crippen LogP) is -0.0197. The van der Waals surface area contributed by atoms with Crippen molar-refractivity contribution in [1.29, 1.82) is 0 Å². The second-order valence-electron chi connectivity index (χ2n) is 4.64. The zero-order valence-corrected chi connectivity index (χ0v) is 10.7. The van der Waals surface area contributed by atoms with E-state index >= 15 is 0 Å². The first-order chi connectivity index (χ1) is 7.66. The Bertz CT molecular complexity index is 282. The third-order valence-corrected chi connectivity index (χ3v) is 3.34. The standard InChI is InChI=1S/C11H19N3O2.ClH/c12-9-2-1-5-13(8-9)6-7-14-10(15)3-4-11(14)16;/h9H,1-8,12H2;1H. The van der Waals surface area contributed by atoms with Gasteiger partial charge in [-0.3, -0.25) is 14.5 Å². The van der Waals surface area contributed by atoms with Crippen LogP contribution in [0.2, 0.25) is 0 Å². The third-order valence-electron chi connectivity index (χ3n) is 3.34. The van der Waals surface area contributed by atoms with Gasteiger partial charge in [0.2, 0.25) is 11.8 Å². The van der Waals surface area contributed by atoms with Crippen LogP contribution >= 0.6 is 12.4 Å². The SMILES string of the molecule is Cl.NC1CCCN(CCN2C(=O)CCC2=O)C1. The number of likely N-dealkylation sites (tertiary alicyclic amines) is 2. The van der Waals surface area contributed by atoms with Gasteiger partial charge in [0.1, 0.15) is 0 Å². The summed E-state index contributed by atoms with van der Waals surface area (Å²) < 4.78 is 0. The van der Waals surface area contributed by atoms with E-state index in [4.69, 9.17) is 5.73 Å². The fraction of sp³-hybridized carbons (Fsp3) is 0.818. The number of amides is 2. The Kier molecular flexibility index (Phi) is 5.36. The van der Waals surface area contributed by atoms with Crippen molar-refractivity contribution in [2.45, 2.75) is 31.7 Å². The molecule has 1 atom stereocenters. The summed E-state index contributed by atoms with van der Waals surface area (Å²) in [6, 6.07) is 0.249. The van der Waals surface area contributed by atoms with Crippen molar-refractivity contribution >= 4 is 24.2 Å². The summed E-state index contributed by atoms with van der Waals surface area (Å²) in [6.07, 6.45) is 2.97. The van der Waals surface area contributed by atoms with Crippen LogP contribution in [0, 0.1) is 0 Å². The van der Waals surface area contributed by atoms with E-state index in [0.717, 1.165) is 32.5 Å². The van der Waals surface area contributed by atoms with Crippen molar-refractivity contribution in [3.63, 3.8) is 0 Å². The molecule has 0 aromatic heterocycles. The lowest BCUT2D eigenvalue weighted by Gasteiger charge is -2.31. The topological polar surface area (TPSA) is 66.6 Å². The van der Waals surface area contributed by atoms with Gasteiger partial charge in [0, 0.05) is 38.5 Å². The van der Waals surface area contributed by atoms with Crippen LogP contribution in [0.25, 0.3) is 0 Å². The lowest BCUT2D eigenvalue weighted by Crippen LogP contribution is -2.46. The van der Waals surface area contributed by atoms with Crippen molar-refractivity contribution in [1.82, 2.24) is 9.80 Å². The highest BCUT2D eigenvalue weighted by molar-refractivity contribution is 6.01. The molecule has 17 heavy (non-hydrogen) atoms. The average Bonchev–Trinajstić information content (AvgIpc) is 2.56. The van der Waals surface area contributed by atoms with Gasteiger partial charge in [-0.25, -0.2) is 0 Å². The molecule has 2 heterocycles. The summed E-state index contributed by atoms with van der Waals surface area (Å²) in [5.41, 5.74) is 5.87. The van der Waals surface area contributed by atoms with Crippen LogP contribution < -0.4 is 5.73 Å². The number of nitrogens with zero attached hydrogens (tertiary/aromatic N) is 2. The maximum Gasteiger partial charge on any atom is 0.229 e. The Morgan fingerprint density at radius 2 is 1.82 bits per heavy atom. The lowest BCUT2D eigenvalue weighted by atomic mass is 10.1. The van der Waals surface area contributed by atoms with E-state index in [-0.39, 0.29) is 30.3 Å². The van der Waals surface area contributed by atoms with Crippen LogP contribution in [-0.4, -0.2) is 53.8 Å². The Hall–Kier alpha value is -0.650. The monoisotopic (exact) mass is 261 g/mol. The van der Waals surface area contributed by atoms with E-state index in [1.807, 2.05) is 0 Å². The van der Waals surface area contributed by atoms with Gasteiger partial charge in [0.25, 0.3) is 0 Å². The van der Waals surface area contributed by atoms with E-state index in [9.17, 15) is 9.59 Å². The molecule has 0 aliphatic carbocycles. The van der Waals surface area contributed by atoms with Gasteiger partial charge in [0.05, 0.1) is 0 Å². The van der Waals surface area contributed by atoms with Gasteiger partial charge in [-0.2, -0.15) is 0 Å². The molecule has 0 aromatic rings. The summed E-state index contributed by atoms with van der Waals surface area (Å²) in [5, 5.41) is 0. The predicted molar refractivity (Wildman–Crippen MR) is 66.9 cm³/mol. The first-order valence-corrected chi connectivity index (χ1v) is 5.98. The fourth-order valence-corrected chi connectivity index (χ4v) is 2.41. The van der Waals surface area contributed by atoms with Crippen LogP contribution in [-0.2, 0) is 9.59 Å². The highest BCUT2D eigenvalue weighted by Gasteiger charge is 2.29. The number of nitrogens with two attached hydrogens (primary N) is 1. The van der Waals surface area contributed by atoms with E-state index in [1.165, 1.54) is 4.90 Å². The number of hydrogen-bond donors (Lipinski definition) is 1. The summed E-state index contributed by atoms with van der Waals surface area (Å²) >= 11 is 0. The second kappa shape index (κ2) is 6.33. The van der Waals surface area contributed by atoms with Gasteiger partial charge in [-0.1, -0.05) is 0 Å². The fourth-order valence-electron chi connectivity index (χ4n) is 2.41. The maximum atomic E-state index is 11.4. The molecular formula is C11H20ClN3O2. The zero-order chi connectivity index (χ0) is 11.5. The highest BCUT2D eigenvalue weighted by Crippen LogP contribution is 2.12. The van der Waals surface area contributed by atoms with Crippen molar-refractivity contribution < 1.29 is 9.59 Å². The van der Waals surface area contributed by atoms with Gasteiger partial charge in [0.15, 0.2) is 0 Å². The molecule has 2 aliphatic heterocycles. The number of halogens is 1. The van der Waals surface area contributed by atoms with Gasteiger partial charge in [-0.15, -0.1) is 12.4 Å². The Labute approximate surface area is 108 Å². The Balaban J connectivity index is 0.00000144. The number of carbonyl (C=O) groups is 2. The minimum absolute atomic E-state index is 0. The zero-order valence-electron chi connectivity index (χ0n) is 9.93. The molecule has 0 spiro atoms. The number of hydrogen-bond acceptors (Lipinski definition) is 4. The van der Waals surface area contributed by atoms with E-state index in [1.54, 1.807) is 0 Å². The molecule has 0 saturated carbocycles. The molecule has 2 aliphatic rings. The Morgan fingerprint density at radius 3 is 2.41 bits per heavy atom. The van der Waals surface area contributed by atoms with Crippen molar-refractivity contribution in [3.05, 3.63) is 0 Å². The minimum atomic E-state index is -0.0219. The van der Waals surface area contributed by atoms with E-state index in [0.29, 0.717) is 19.4 Å². The first kappa shape index (κ1) is 14.4. The van der Waals surface area contributed by atoms with Crippen LogP contribution in [0.1, 0.15) is 25.7 Å². The first-order valence-electron chi connectivity index (χ1n) is 5.98. The summed E-state index contributed by atoms with van der Waals surface area (Å²) in [5.74, 6) is -0.0439. The van der Waals surface area contributed by atoms with Crippen molar-refractivity contribution in [2.24, 2.45) is 5.73 Å². The van der Waals surface area contributed by atoms with Gasteiger partial charge in [-0.05, 0) is 19.4 Å². The lowest BCUT2D eigenvalue weighted by molar-refractivity contribution is -0.138. The smallest absolute Gasteiger partial charge is 0.229 e. The Morgan fingerprint density at radius 1 is 1.18 bits per heavy atom. The largest absolute Gasteiger partial charge is 0.327 e. The summed E-state index contributed by atoms with van der Waals surface area (Å²) in [6.45, 7) is 3.22. The van der Waals surface area contributed by atoms with Gasteiger partial charge >= 0.3 is 0 Å². The molecule has 0 radical (unpaired) electrons. The van der Waals surface area contributed by atoms with Crippen LogP contribution in [0.15, 0.2) is 0 Å². The van der Waals surface area contributed by atoms with Crippen LogP contribution in [0.5, 0.6) is 0 Å². The normalized spacial score (nSPS) is 26.2. The maximum absolute atomic E-state index is 11.4. The molecule has 1 unspecified atom stereocenters. The number of rotatable bonds is 3. The molecule has 2 fully saturated rings. The molecular weight excluding hydrogens is 242 g/mol. The molecule has 6 heteroatoms. The molecule has 98 valence electrons. The average molecular weight is 262 g/mol. The van der Waals surface area contributed by atoms with Crippen LogP contribution in [0.3, 0.4) is 0 Å². The minimum Gasteiger partial charge on any atom is -0.327 e. The summed E-state index contributed by atoms with van der Waals surface area (Å²) in [4.78, 5) is 26.4. The van der Waals surface area contributed by atoms with Crippen molar-refractivity contribution in [2.75, 3.05) is 26.2 Å². The molecule has 0 bridgehead atoms. The van der Waals surface area contributed by atoms with E-state index in [2.05, 4.69) is 4.90 Å². The third kappa shape index (κ3) is 3.66. The number of carbonyl (C=O) groups excluding carboxylic acids is 2. The highest BCUT2D eigenvalue weighted by atomic mass is 35.5. The molecule has 2 N–H and O–H groups in total. The number of piperidine rings is 1. The molecule has 5 nitrogen and oxygen atoms in total. The van der Waals surface area contributed by atoms with Gasteiger partial charge < -0.3 is 10.6 Å². The molecule has 2 saturated heterocycles. The molecule has 2 amide bonds. The summed E-state index contributed by atoms with van der Waals surface area (Å²) in [7, 11) is 0. The number of imide groups is 1. The molecule has 2 rings (SSSR count). The van der Waals surface area contributed by atoms with Crippen LogP contribution in [0.4, 0.5) is 0 Å². The quantitative estimate of drug-likeness (QED) is 0.725. The van der Waals surface area contributed by atoms with Crippen molar-refractivity contribution in [3.8, 4) is 0 Å². The second-order valence-corrected chi connectivity index (χ2v) is 4.64.